The molecule has 3 heterocycles. The van der Waals surface area contributed by atoms with E-state index in [1.54, 1.807) is 7.05 Å². The number of hydrogen-bond donors (Lipinski definition) is 0. The Morgan fingerprint density at radius 3 is 2.52 bits per heavy atom. The van der Waals surface area contributed by atoms with E-state index < -0.39 is 6.04 Å². The zero-order chi connectivity index (χ0) is 17.0. The summed E-state index contributed by atoms with van der Waals surface area (Å²) in [5, 5.41) is 0. The van der Waals surface area contributed by atoms with Gasteiger partial charge in [-0.15, -0.1) is 0 Å². The van der Waals surface area contributed by atoms with Crippen LogP contribution in [0.3, 0.4) is 0 Å². The molecule has 0 aromatic carbocycles. The van der Waals surface area contributed by atoms with Crippen molar-refractivity contribution in [2.24, 2.45) is 18.0 Å². The van der Waals surface area contributed by atoms with Crippen LogP contribution < -0.4 is 4.57 Å². The third-order valence-corrected chi connectivity index (χ3v) is 4.91. The van der Waals surface area contributed by atoms with E-state index in [4.69, 9.17) is 0 Å². The van der Waals surface area contributed by atoms with E-state index in [0.29, 0.717) is 18.3 Å². The average molecular weight is 318 g/mol. The van der Waals surface area contributed by atoms with Crippen LogP contribution in [0.2, 0.25) is 0 Å². The predicted molar refractivity (Wildman–Crippen MR) is 85.5 cm³/mol. The summed E-state index contributed by atoms with van der Waals surface area (Å²) >= 11 is 0. The topological polar surface area (TPSA) is 61.8 Å². The molecular weight excluding hydrogens is 294 g/mol. The van der Waals surface area contributed by atoms with E-state index in [2.05, 4.69) is 18.8 Å². The van der Waals surface area contributed by atoms with Gasteiger partial charge < -0.3 is 0 Å². The minimum atomic E-state index is -0.528. The van der Waals surface area contributed by atoms with Gasteiger partial charge in [0.25, 0.3) is 5.91 Å². The molecule has 0 aliphatic carbocycles. The zero-order valence-electron chi connectivity index (χ0n) is 14.6. The number of imidazole rings is 1. The molecule has 1 atom stereocenters. The van der Waals surface area contributed by atoms with Crippen molar-refractivity contribution >= 4 is 23.7 Å². The Bertz CT molecular complexity index is 731. The maximum atomic E-state index is 13.0. The van der Waals surface area contributed by atoms with Gasteiger partial charge in [-0.25, -0.2) is 13.9 Å². The highest BCUT2D eigenvalue weighted by atomic mass is 16.2. The summed E-state index contributed by atoms with van der Waals surface area (Å²) in [5.74, 6) is 1.50. The Labute approximate surface area is 136 Å². The monoisotopic (exact) mass is 318 g/mol. The van der Waals surface area contributed by atoms with Crippen LogP contribution in [0.25, 0.3) is 0 Å². The molecule has 1 saturated heterocycles. The van der Waals surface area contributed by atoms with Crippen molar-refractivity contribution in [3.05, 3.63) is 11.4 Å². The van der Waals surface area contributed by atoms with E-state index in [-0.39, 0.29) is 11.9 Å². The lowest BCUT2D eigenvalue weighted by atomic mass is 10.1. The molecule has 0 radical (unpaired) electrons. The van der Waals surface area contributed by atoms with Gasteiger partial charge in [0.2, 0.25) is 11.9 Å². The predicted octanol–water partition coefficient (Wildman–Crippen LogP) is 1.45. The van der Waals surface area contributed by atoms with E-state index in [9.17, 15) is 9.59 Å². The van der Waals surface area contributed by atoms with Gasteiger partial charge in [-0.3, -0.25) is 14.6 Å². The van der Waals surface area contributed by atoms with Crippen LogP contribution in [0.4, 0.5) is 10.7 Å². The number of amides is 3. The second-order valence-corrected chi connectivity index (χ2v) is 6.79. The molecule has 7 heteroatoms. The largest absolute Gasteiger partial charge is 0.401 e. The first-order valence-electron chi connectivity index (χ1n) is 8.00. The summed E-state index contributed by atoms with van der Waals surface area (Å²) in [7, 11) is 3.62. The fraction of sp³-hybridized carbons (Fsp3) is 0.625. The molecule has 2 aliphatic rings. The van der Waals surface area contributed by atoms with E-state index in [1.165, 1.54) is 9.80 Å². The molecular formula is C16H24N5O2+. The molecule has 1 fully saturated rings. The number of nitrogens with zero attached hydrogens (tertiary/aromatic N) is 5. The molecule has 3 amide bonds. The number of aromatic nitrogens is 2. The Kier molecular flexibility index (Phi) is 3.54. The average Bonchev–Trinajstić information content (AvgIpc) is 2.98. The van der Waals surface area contributed by atoms with Crippen LogP contribution in [0, 0.1) is 19.8 Å². The first kappa shape index (κ1) is 15.7. The number of urea groups is 1. The fourth-order valence-corrected chi connectivity index (χ4v) is 3.19. The molecule has 7 nitrogen and oxygen atoms in total. The number of likely N-dealkylation sites (N-methyl/N-ethyl adjacent to an activating group) is 1. The minimum Gasteiger partial charge on any atom is -0.270 e. The molecule has 3 rings (SSSR count). The number of carbonyl (C=O) groups is 2. The number of hydrogen-bond acceptors (Lipinski definition) is 3. The van der Waals surface area contributed by atoms with Crippen molar-refractivity contribution in [1.82, 2.24) is 14.4 Å². The van der Waals surface area contributed by atoms with Gasteiger partial charge in [0, 0.05) is 13.6 Å². The second kappa shape index (κ2) is 5.18. The van der Waals surface area contributed by atoms with Gasteiger partial charge >= 0.3 is 12.0 Å². The lowest BCUT2D eigenvalue weighted by Gasteiger charge is -2.33. The minimum absolute atomic E-state index is 0.176. The van der Waals surface area contributed by atoms with Crippen molar-refractivity contribution in [2.45, 2.75) is 40.2 Å². The van der Waals surface area contributed by atoms with Gasteiger partial charge in [-0.05, 0) is 26.2 Å². The Morgan fingerprint density at radius 2 is 1.91 bits per heavy atom. The molecule has 0 N–H and O–H groups in total. The highest BCUT2D eigenvalue weighted by molar-refractivity contribution is 6.20. The Balaban J connectivity index is 2.04. The van der Waals surface area contributed by atoms with Gasteiger partial charge in [0.15, 0.2) is 0 Å². The summed E-state index contributed by atoms with van der Waals surface area (Å²) in [6.07, 6.45) is 0.800. The maximum Gasteiger partial charge on any atom is 0.401 e. The molecule has 1 aromatic heterocycles. The lowest BCUT2D eigenvalue weighted by molar-refractivity contribution is -0.663. The molecule has 0 saturated carbocycles. The standard InChI is InChI=1S/C16H24N5O2/c1-9(2)7-8-20-14(22)12-13(19(6)16(20)23)17-15-18(5)10(3)11(4)21(12)15/h9,12H,7-8H2,1-6H3/q+1. The number of fused-ring (bicyclic) bond motifs is 3. The molecule has 2 aliphatic heterocycles. The SMILES string of the molecule is Cc1c(C)[n+](C)c2n1C1C(=O)N(CCC(C)C)C(=O)N(C)C1=N2. The number of amidine groups is 1. The number of rotatable bonds is 3. The lowest BCUT2D eigenvalue weighted by Crippen LogP contribution is -2.58. The summed E-state index contributed by atoms with van der Waals surface area (Å²) in [5.41, 5.74) is 2.08. The van der Waals surface area contributed by atoms with Crippen LogP contribution in [0.1, 0.15) is 37.7 Å². The summed E-state index contributed by atoms with van der Waals surface area (Å²) in [6.45, 7) is 8.61. The van der Waals surface area contributed by atoms with Crippen LogP contribution in [-0.4, -0.2) is 45.7 Å². The van der Waals surface area contributed by atoms with Gasteiger partial charge in [-0.1, -0.05) is 18.8 Å². The third kappa shape index (κ3) is 2.09. The van der Waals surface area contributed by atoms with Crippen LogP contribution >= 0.6 is 0 Å². The first-order valence-corrected chi connectivity index (χ1v) is 8.00. The highest BCUT2D eigenvalue weighted by Crippen LogP contribution is 2.34. The van der Waals surface area contributed by atoms with Crippen LogP contribution in [0.5, 0.6) is 0 Å². The van der Waals surface area contributed by atoms with Crippen molar-refractivity contribution in [2.75, 3.05) is 13.6 Å². The molecule has 1 aromatic rings. The Hall–Kier alpha value is -2.18. The highest BCUT2D eigenvalue weighted by Gasteiger charge is 2.53. The molecule has 0 spiro atoms. The fourth-order valence-electron chi connectivity index (χ4n) is 3.19. The molecule has 1 unspecified atom stereocenters. The summed E-state index contributed by atoms with van der Waals surface area (Å²) in [4.78, 5) is 33.0. The number of imide groups is 1. The van der Waals surface area contributed by atoms with E-state index in [0.717, 1.165) is 23.8 Å². The second-order valence-electron chi connectivity index (χ2n) is 6.79. The number of aliphatic imine (C=N–C) groups is 1. The van der Waals surface area contributed by atoms with Gasteiger partial charge in [-0.2, -0.15) is 0 Å². The quantitative estimate of drug-likeness (QED) is 0.792. The first-order chi connectivity index (χ1) is 10.8. The van der Waals surface area contributed by atoms with E-state index in [1.807, 2.05) is 30.0 Å². The molecule has 23 heavy (non-hydrogen) atoms. The third-order valence-electron chi connectivity index (χ3n) is 4.91. The summed E-state index contributed by atoms with van der Waals surface area (Å²) < 4.78 is 3.91. The van der Waals surface area contributed by atoms with Gasteiger partial charge in [0.05, 0.1) is 7.05 Å². The van der Waals surface area contributed by atoms with Gasteiger partial charge in [0.1, 0.15) is 11.4 Å². The zero-order valence-corrected chi connectivity index (χ0v) is 14.6. The van der Waals surface area contributed by atoms with Crippen LogP contribution in [-0.2, 0) is 11.8 Å². The van der Waals surface area contributed by atoms with E-state index >= 15 is 0 Å². The number of carbonyl (C=O) groups excluding carboxylic acids is 2. The molecule has 124 valence electrons. The smallest absolute Gasteiger partial charge is 0.270 e. The Morgan fingerprint density at radius 1 is 1.26 bits per heavy atom. The van der Waals surface area contributed by atoms with Crippen molar-refractivity contribution in [3.63, 3.8) is 0 Å². The maximum absolute atomic E-state index is 13.0. The summed E-state index contributed by atoms with van der Waals surface area (Å²) in [6, 6.07) is -0.812. The van der Waals surface area contributed by atoms with Crippen molar-refractivity contribution in [1.29, 1.82) is 0 Å². The van der Waals surface area contributed by atoms with Crippen LogP contribution in [0.15, 0.2) is 4.99 Å². The normalized spacial score (nSPS) is 20.3. The molecule has 0 bridgehead atoms. The van der Waals surface area contributed by atoms with Crippen molar-refractivity contribution < 1.29 is 14.2 Å². The van der Waals surface area contributed by atoms with Crippen molar-refractivity contribution in [3.8, 4) is 0 Å².